The van der Waals surface area contributed by atoms with Crippen LogP contribution in [0.5, 0.6) is 5.75 Å². The summed E-state index contributed by atoms with van der Waals surface area (Å²) in [5.74, 6) is 5.59. The summed E-state index contributed by atoms with van der Waals surface area (Å²) in [7, 11) is 0. The van der Waals surface area contributed by atoms with E-state index >= 15 is 0 Å². The second-order valence-electron chi connectivity index (χ2n) is 7.08. The van der Waals surface area contributed by atoms with Crippen LogP contribution in [0.2, 0.25) is 0 Å². The summed E-state index contributed by atoms with van der Waals surface area (Å²) in [5.41, 5.74) is 0.670. The monoisotopic (exact) mass is 399 g/mol. The number of aryl methyl sites for hydroxylation is 1. The average molecular weight is 399 g/mol. The topological polar surface area (TPSA) is 53.2 Å². The largest absolute Gasteiger partial charge is 0.508 e. The molecule has 150 valence electrons. The first-order valence-corrected chi connectivity index (χ1v) is 9.40. The molecule has 1 N–H and O–H groups in total. The fourth-order valence-corrected chi connectivity index (χ4v) is 2.90. The number of halogens is 3. The molecule has 0 amide bonds. The highest BCUT2D eigenvalue weighted by Crippen LogP contribution is 2.34. The second kappa shape index (κ2) is 9.03. The number of rotatable bonds is 6. The van der Waals surface area contributed by atoms with E-state index in [4.69, 9.17) is 10.00 Å². The Labute approximate surface area is 167 Å². The summed E-state index contributed by atoms with van der Waals surface area (Å²) < 4.78 is 45.2. The van der Waals surface area contributed by atoms with Crippen molar-refractivity contribution < 1.29 is 23.0 Å². The summed E-state index contributed by atoms with van der Waals surface area (Å²) in [6.07, 6.45) is -0.813. The Hall–Kier alpha value is -2.96. The van der Waals surface area contributed by atoms with Crippen LogP contribution in [-0.4, -0.2) is 18.3 Å². The third kappa shape index (κ3) is 6.01. The van der Waals surface area contributed by atoms with E-state index < -0.39 is 17.5 Å². The van der Waals surface area contributed by atoms with Crippen molar-refractivity contribution in [1.29, 1.82) is 5.26 Å². The van der Waals surface area contributed by atoms with E-state index in [1.807, 2.05) is 0 Å². The van der Waals surface area contributed by atoms with Crippen molar-refractivity contribution in [3.05, 3.63) is 64.2 Å². The van der Waals surface area contributed by atoms with Gasteiger partial charge in [0.1, 0.15) is 5.75 Å². The van der Waals surface area contributed by atoms with Crippen LogP contribution in [0, 0.1) is 29.1 Å². The van der Waals surface area contributed by atoms with Crippen LogP contribution < -0.4 is 0 Å². The third-order valence-corrected chi connectivity index (χ3v) is 4.66. The maximum atomic E-state index is 13.2. The van der Waals surface area contributed by atoms with Gasteiger partial charge in [0.25, 0.3) is 0 Å². The molecule has 1 aliphatic rings. The normalized spacial score (nSPS) is 13.4. The zero-order valence-corrected chi connectivity index (χ0v) is 15.7. The first-order chi connectivity index (χ1) is 13.9. The molecule has 1 fully saturated rings. The zero-order valence-electron chi connectivity index (χ0n) is 15.7. The van der Waals surface area contributed by atoms with Gasteiger partial charge in [-0.15, -0.1) is 0 Å². The number of hydrogen-bond donors (Lipinski definition) is 1. The molecule has 0 bridgehead atoms. The van der Waals surface area contributed by atoms with E-state index in [0.29, 0.717) is 36.1 Å². The summed E-state index contributed by atoms with van der Waals surface area (Å²) in [5, 5.41) is 18.5. The Bertz CT molecular complexity index is 976. The summed E-state index contributed by atoms with van der Waals surface area (Å²) >= 11 is 0. The van der Waals surface area contributed by atoms with Crippen LogP contribution >= 0.6 is 0 Å². The van der Waals surface area contributed by atoms with Crippen molar-refractivity contribution in [2.24, 2.45) is 5.92 Å². The standard InChI is InChI=1S/C23H20F3NO2/c24-23(25,26)22-13-21(28)10-9-19(22)8-7-18-6-5-17(14-27)12-20(18)2-1-11-29-15-16-3-4-16/h5-6,9-10,12-13,16,28H,1-4,11,15H2. The fourth-order valence-electron chi connectivity index (χ4n) is 2.90. The van der Waals surface area contributed by atoms with Crippen LogP contribution in [0.4, 0.5) is 13.2 Å². The Morgan fingerprint density at radius 3 is 2.48 bits per heavy atom. The van der Waals surface area contributed by atoms with Crippen molar-refractivity contribution in [3.63, 3.8) is 0 Å². The number of hydrogen-bond acceptors (Lipinski definition) is 3. The number of phenols is 1. The molecule has 29 heavy (non-hydrogen) atoms. The number of nitriles is 1. The first-order valence-electron chi connectivity index (χ1n) is 9.40. The molecular weight excluding hydrogens is 379 g/mol. The third-order valence-electron chi connectivity index (χ3n) is 4.66. The smallest absolute Gasteiger partial charge is 0.417 e. The van der Waals surface area contributed by atoms with Crippen LogP contribution in [-0.2, 0) is 17.3 Å². The molecule has 0 radical (unpaired) electrons. The molecule has 6 heteroatoms. The van der Waals surface area contributed by atoms with E-state index in [1.54, 1.807) is 18.2 Å². The van der Waals surface area contributed by atoms with Crippen LogP contribution in [0.25, 0.3) is 0 Å². The fraction of sp³-hybridized carbons (Fsp3) is 0.348. The number of ether oxygens (including phenoxy) is 1. The number of nitrogens with zero attached hydrogens (tertiary/aromatic N) is 1. The quantitative estimate of drug-likeness (QED) is 0.547. The van der Waals surface area contributed by atoms with Gasteiger partial charge in [-0.2, -0.15) is 18.4 Å². The van der Waals surface area contributed by atoms with Gasteiger partial charge in [-0.3, -0.25) is 0 Å². The number of aromatic hydroxyl groups is 1. The van der Waals surface area contributed by atoms with Gasteiger partial charge < -0.3 is 9.84 Å². The maximum absolute atomic E-state index is 13.2. The minimum Gasteiger partial charge on any atom is -0.508 e. The van der Waals surface area contributed by atoms with Gasteiger partial charge in [0, 0.05) is 24.3 Å². The Morgan fingerprint density at radius 2 is 1.79 bits per heavy atom. The molecule has 0 saturated heterocycles. The molecular formula is C23H20F3NO2. The number of benzene rings is 2. The van der Waals surface area contributed by atoms with Gasteiger partial charge in [-0.05, 0) is 73.6 Å². The Morgan fingerprint density at radius 1 is 1.07 bits per heavy atom. The van der Waals surface area contributed by atoms with Crippen molar-refractivity contribution in [3.8, 4) is 23.7 Å². The summed E-state index contributed by atoms with van der Waals surface area (Å²) in [6, 6.07) is 10.0. The van der Waals surface area contributed by atoms with Gasteiger partial charge in [-0.25, -0.2) is 0 Å². The lowest BCUT2D eigenvalue weighted by atomic mass is 9.99. The molecule has 0 heterocycles. The summed E-state index contributed by atoms with van der Waals surface area (Å²) in [6.45, 7) is 1.36. The predicted molar refractivity (Wildman–Crippen MR) is 102 cm³/mol. The molecule has 2 aromatic rings. The van der Waals surface area contributed by atoms with Crippen molar-refractivity contribution in [2.75, 3.05) is 13.2 Å². The van der Waals surface area contributed by atoms with Crippen LogP contribution in [0.15, 0.2) is 36.4 Å². The molecule has 0 unspecified atom stereocenters. The van der Waals surface area contributed by atoms with Crippen LogP contribution in [0.1, 0.15) is 47.1 Å². The first kappa shape index (κ1) is 20.8. The maximum Gasteiger partial charge on any atom is 0.417 e. The van der Waals surface area contributed by atoms with Gasteiger partial charge in [0.05, 0.1) is 17.2 Å². The molecule has 0 aliphatic heterocycles. The highest BCUT2D eigenvalue weighted by Gasteiger charge is 2.33. The highest BCUT2D eigenvalue weighted by molar-refractivity contribution is 5.53. The van der Waals surface area contributed by atoms with Gasteiger partial charge in [-0.1, -0.05) is 11.8 Å². The second-order valence-corrected chi connectivity index (χ2v) is 7.08. The van der Waals surface area contributed by atoms with E-state index in [1.165, 1.54) is 18.9 Å². The number of phenolic OH excluding ortho intramolecular Hbond substituents is 1. The van der Waals surface area contributed by atoms with Crippen molar-refractivity contribution >= 4 is 0 Å². The number of alkyl halides is 3. The van der Waals surface area contributed by atoms with E-state index in [2.05, 4.69) is 17.9 Å². The lowest BCUT2D eigenvalue weighted by molar-refractivity contribution is -0.137. The molecule has 3 nitrogen and oxygen atoms in total. The Kier molecular flexibility index (Phi) is 6.46. The molecule has 2 aromatic carbocycles. The lowest BCUT2D eigenvalue weighted by Gasteiger charge is -2.09. The molecule has 0 atom stereocenters. The molecule has 0 spiro atoms. The van der Waals surface area contributed by atoms with Gasteiger partial charge >= 0.3 is 6.18 Å². The molecule has 1 aliphatic carbocycles. The van der Waals surface area contributed by atoms with Crippen molar-refractivity contribution in [1.82, 2.24) is 0 Å². The molecule has 0 aromatic heterocycles. The molecule has 3 rings (SSSR count). The van der Waals surface area contributed by atoms with E-state index in [9.17, 15) is 18.3 Å². The summed E-state index contributed by atoms with van der Waals surface area (Å²) in [4.78, 5) is 0. The van der Waals surface area contributed by atoms with Gasteiger partial charge in [0.15, 0.2) is 0 Å². The predicted octanol–water partition coefficient (Wildman–Crippen LogP) is 5.04. The van der Waals surface area contributed by atoms with E-state index in [-0.39, 0.29) is 5.56 Å². The highest BCUT2D eigenvalue weighted by atomic mass is 19.4. The SMILES string of the molecule is N#Cc1ccc(C#Cc2ccc(O)cc2C(F)(F)F)c(CCCOCC2CC2)c1. The van der Waals surface area contributed by atoms with E-state index in [0.717, 1.165) is 24.7 Å². The minimum absolute atomic E-state index is 0.210. The van der Waals surface area contributed by atoms with Crippen LogP contribution in [0.3, 0.4) is 0 Å². The lowest BCUT2D eigenvalue weighted by Crippen LogP contribution is -2.07. The Balaban J connectivity index is 1.79. The average Bonchev–Trinajstić information content (AvgIpc) is 3.51. The minimum atomic E-state index is -4.62. The van der Waals surface area contributed by atoms with Crippen molar-refractivity contribution in [2.45, 2.75) is 31.9 Å². The molecule has 1 saturated carbocycles. The van der Waals surface area contributed by atoms with Gasteiger partial charge in [0.2, 0.25) is 0 Å². The zero-order chi connectivity index (χ0) is 20.9.